The summed E-state index contributed by atoms with van der Waals surface area (Å²) in [6.45, 7) is 0.908. The summed E-state index contributed by atoms with van der Waals surface area (Å²) in [5.74, 6) is 0.163. The van der Waals surface area contributed by atoms with E-state index in [1.165, 1.54) is 0 Å². The van der Waals surface area contributed by atoms with Crippen LogP contribution in [0.5, 0.6) is 0 Å². The molecule has 1 fully saturated rings. The number of piperidine rings is 1. The maximum Gasteiger partial charge on any atom is 0.239 e. The van der Waals surface area contributed by atoms with Crippen molar-refractivity contribution < 1.29 is 4.79 Å². The van der Waals surface area contributed by atoms with Gasteiger partial charge in [0, 0.05) is 12.6 Å². The van der Waals surface area contributed by atoms with E-state index in [1.807, 2.05) is 4.90 Å². The highest BCUT2D eigenvalue weighted by Gasteiger charge is 2.30. The maximum atomic E-state index is 11.8. The average molecular weight is 194 g/mol. The lowest BCUT2D eigenvalue weighted by molar-refractivity contribution is -0.137. The molecule has 0 aromatic carbocycles. The second kappa shape index (κ2) is 4.13. The zero-order valence-corrected chi connectivity index (χ0v) is 8.48. The average Bonchev–Trinajstić information content (AvgIpc) is 2.23. The van der Waals surface area contributed by atoms with Crippen LogP contribution in [-0.4, -0.2) is 29.4 Å². The van der Waals surface area contributed by atoms with E-state index in [0.717, 1.165) is 38.6 Å². The molecular weight excluding hydrogens is 176 g/mol. The van der Waals surface area contributed by atoms with Crippen molar-refractivity contribution in [2.45, 2.75) is 44.2 Å². The van der Waals surface area contributed by atoms with Crippen LogP contribution in [-0.2, 0) is 4.79 Å². The summed E-state index contributed by atoms with van der Waals surface area (Å²) in [5, 5.41) is 0. The quantitative estimate of drug-likeness (QED) is 0.634. The van der Waals surface area contributed by atoms with Gasteiger partial charge in [0.1, 0.15) is 0 Å². The van der Waals surface area contributed by atoms with Crippen LogP contribution in [0, 0.1) is 0 Å². The molecule has 0 bridgehead atoms. The Kier molecular flexibility index (Phi) is 2.87. The summed E-state index contributed by atoms with van der Waals surface area (Å²) >= 11 is 0. The van der Waals surface area contributed by atoms with E-state index in [1.54, 1.807) is 0 Å². The first kappa shape index (κ1) is 9.71. The molecule has 0 saturated carbocycles. The third-order valence-corrected chi connectivity index (χ3v) is 3.20. The zero-order valence-electron chi connectivity index (χ0n) is 8.48. The molecule has 0 aromatic rings. The van der Waals surface area contributed by atoms with Gasteiger partial charge in [-0.1, -0.05) is 12.2 Å². The van der Waals surface area contributed by atoms with E-state index in [2.05, 4.69) is 12.2 Å². The van der Waals surface area contributed by atoms with Crippen LogP contribution in [0.2, 0.25) is 0 Å². The first-order valence-electron chi connectivity index (χ1n) is 5.50. The fraction of sp³-hybridized carbons (Fsp3) is 0.727. The largest absolute Gasteiger partial charge is 0.338 e. The van der Waals surface area contributed by atoms with Gasteiger partial charge in [0.2, 0.25) is 5.91 Å². The van der Waals surface area contributed by atoms with Gasteiger partial charge >= 0.3 is 0 Å². The van der Waals surface area contributed by atoms with Crippen LogP contribution >= 0.6 is 0 Å². The molecule has 2 unspecified atom stereocenters. The number of likely N-dealkylation sites (tertiary alicyclic amines) is 1. The number of carbonyl (C=O) groups is 1. The minimum absolute atomic E-state index is 0.163. The molecule has 0 radical (unpaired) electrons. The Labute approximate surface area is 84.9 Å². The molecule has 3 nitrogen and oxygen atoms in total. The van der Waals surface area contributed by atoms with Crippen molar-refractivity contribution in [2.75, 3.05) is 6.54 Å². The third-order valence-electron chi connectivity index (χ3n) is 3.20. The van der Waals surface area contributed by atoms with Gasteiger partial charge in [-0.3, -0.25) is 4.79 Å². The van der Waals surface area contributed by atoms with E-state index < -0.39 is 0 Å². The third kappa shape index (κ3) is 1.82. The number of allylic oxidation sites excluding steroid dienone is 1. The van der Waals surface area contributed by atoms with Crippen LogP contribution in [0.4, 0.5) is 0 Å². The fourth-order valence-corrected chi connectivity index (χ4v) is 2.35. The first-order valence-corrected chi connectivity index (χ1v) is 5.50. The van der Waals surface area contributed by atoms with Crippen molar-refractivity contribution in [1.29, 1.82) is 0 Å². The number of carbonyl (C=O) groups excluding carboxylic acids is 1. The van der Waals surface area contributed by atoms with Crippen molar-refractivity contribution in [2.24, 2.45) is 5.73 Å². The molecule has 0 aromatic heterocycles. The lowest BCUT2D eigenvalue weighted by Gasteiger charge is -2.37. The Balaban J connectivity index is 2.01. The summed E-state index contributed by atoms with van der Waals surface area (Å²) in [5.41, 5.74) is 5.77. The fourth-order valence-electron chi connectivity index (χ4n) is 2.35. The molecule has 1 aliphatic heterocycles. The number of hydrogen-bond acceptors (Lipinski definition) is 2. The van der Waals surface area contributed by atoms with Gasteiger partial charge in [0.05, 0.1) is 6.04 Å². The summed E-state index contributed by atoms with van der Waals surface area (Å²) in [6.07, 6.45) is 9.52. The normalized spacial score (nSPS) is 33.5. The minimum atomic E-state index is -0.241. The maximum absolute atomic E-state index is 11.8. The second-order valence-corrected chi connectivity index (χ2v) is 4.22. The first-order chi connectivity index (χ1) is 6.79. The van der Waals surface area contributed by atoms with E-state index in [-0.39, 0.29) is 11.9 Å². The van der Waals surface area contributed by atoms with E-state index in [0.29, 0.717) is 6.04 Å². The summed E-state index contributed by atoms with van der Waals surface area (Å²) < 4.78 is 0. The molecule has 1 saturated heterocycles. The Morgan fingerprint density at radius 2 is 2.21 bits per heavy atom. The van der Waals surface area contributed by atoms with E-state index in [9.17, 15) is 4.79 Å². The van der Waals surface area contributed by atoms with Crippen molar-refractivity contribution in [3.05, 3.63) is 12.2 Å². The predicted octanol–water partition coefficient (Wildman–Crippen LogP) is 1.04. The van der Waals surface area contributed by atoms with Crippen LogP contribution in [0.3, 0.4) is 0 Å². The van der Waals surface area contributed by atoms with Crippen LogP contribution < -0.4 is 5.73 Å². The monoisotopic (exact) mass is 194 g/mol. The SMILES string of the molecule is NC1CCCN(C2CC=CCC2)C1=O. The molecule has 3 heteroatoms. The highest BCUT2D eigenvalue weighted by molar-refractivity contribution is 5.82. The van der Waals surface area contributed by atoms with Gasteiger partial charge < -0.3 is 10.6 Å². The van der Waals surface area contributed by atoms with Crippen molar-refractivity contribution in [1.82, 2.24) is 4.90 Å². The number of nitrogens with two attached hydrogens (primary N) is 1. The van der Waals surface area contributed by atoms with Crippen molar-refractivity contribution in [3.8, 4) is 0 Å². The molecule has 2 N–H and O–H groups in total. The van der Waals surface area contributed by atoms with Crippen LogP contribution in [0.1, 0.15) is 32.1 Å². The van der Waals surface area contributed by atoms with Gasteiger partial charge in [-0.15, -0.1) is 0 Å². The number of hydrogen-bond donors (Lipinski definition) is 1. The molecule has 1 aliphatic carbocycles. The minimum Gasteiger partial charge on any atom is -0.338 e. The van der Waals surface area contributed by atoms with Gasteiger partial charge in [-0.2, -0.15) is 0 Å². The number of nitrogens with zero attached hydrogens (tertiary/aromatic N) is 1. The molecule has 2 aliphatic rings. The van der Waals surface area contributed by atoms with E-state index in [4.69, 9.17) is 5.73 Å². The Morgan fingerprint density at radius 3 is 2.93 bits per heavy atom. The molecule has 2 rings (SSSR count). The predicted molar refractivity (Wildman–Crippen MR) is 55.7 cm³/mol. The highest BCUT2D eigenvalue weighted by Crippen LogP contribution is 2.21. The molecule has 1 amide bonds. The smallest absolute Gasteiger partial charge is 0.239 e. The summed E-state index contributed by atoms with van der Waals surface area (Å²) in [6, 6.07) is 0.175. The lowest BCUT2D eigenvalue weighted by Crippen LogP contribution is -2.52. The number of amides is 1. The van der Waals surface area contributed by atoms with Gasteiger partial charge in [-0.25, -0.2) is 0 Å². The standard InChI is InChI=1S/C11H18N2O/c12-10-7-4-8-13(11(10)14)9-5-2-1-3-6-9/h1-2,9-10H,3-8,12H2. The molecule has 14 heavy (non-hydrogen) atoms. The number of rotatable bonds is 1. The van der Waals surface area contributed by atoms with Crippen molar-refractivity contribution in [3.63, 3.8) is 0 Å². The lowest BCUT2D eigenvalue weighted by atomic mass is 9.96. The zero-order chi connectivity index (χ0) is 9.97. The second-order valence-electron chi connectivity index (χ2n) is 4.22. The van der Waals surface area contributed by atoms with Crippen LogP contribution in [0.25, 0.3) is 0 Å². The molecule has 1 heterocycles. The van der Waals surface area contributed by atoms with Crippen molar-refractivity contribution >= 4 is 5.91 Å². The van der Waals surface area contributed by atoms with Gasteiger partial charge in [0.15, 0.2) is 0 Å². The highest BCUT2D eigenvalue weighted by atomic mass is 16.2. The summed E-state index contributed by atoms with van der Waals surface area (Å²) in [4.78, 5) is 13.8. The molecule has 0 spiro atoms. The summed E-state index contributed by atoms with van der Waals surface area (Å²) in [7, 11) is 0. The van der Waals surface area contributed by atoms with Crippen LogP contribution in [0.15, 0.2) is 12.2 Å². The molecular formula is C11H18N2O. The molecule has 78 valence electrons. The molecule has 2 atom stereocenters. The topological polar surface area (TPSA) is 46.3 Å². The Bertz CT molecular complexity index is 250. The van der Waals surface area contributed by atoms with Gasteiger partial charge in [-0.05, 0) is 32.1 Å². The Hall–Kier alpha value is -0.830. The Morgan fingerprint density at radius 1 is 1.36 bits per heavy atom. The van der Waals surface area contributed by atoms with Gasteiger partial charge in [0.25, 0.3) is 0 Å². The van der Waals surface area contributed by atoms with E-state index >= 15 is 0 Å².